The SMILES string of the molecule is O=C(OC(c1ccc(F)cc1)(c1ccc(F)cc1)c1ccc(F)cc1)N1CCCCC1. The molecule has 0 spiro atoms. The van der Waals surface area contributed by atoms with Gasteiger partial charge in [0.1, 0.15) is 17.5 Å². The Hall–Kier alpha value is -3.28. The average molecular weight is 425 g/mol. The van der Waals surface area contributed by atoms with Gasteiger partial charge >= 0.3 is 6.09 Å². The van der Waals surface area contributed by atoms with Gasteiger partial charge in [0.05, 0.1) is 0 Å². The molecule has 1 aliphatic rings. The number of halogens is 3. The Morgan fingerprint density at radius 1 is 0.645 bits per heavy atom. The second kappa shape index (κ2) is 8.84. The number of carbonyl (C=O) groups is 1. The quantitative estimate of drug-likeness (QED) is 0.479. The lowest BCUT2D eigenvalue weighted by molar-refractivity contribution is 0.0324. The number of carbonyl (C=O) groups excluding carboxylic acids is 1. The minimum atomic E-state index is -1.51. The van der Waals surface area contributed by atoms with Crippen LogP contribution in [0.5, 0.6) is 0 Å². The maximum Gasteiger partial charge on any atom is 0.411 e. The topological polar surface area (TPSA) is 29.5 Å². The molecule has 31 heavy (non-hydrogen) atoms. The molecule has 1 heterocycles. The van der Waals surface area contributed by atoms with E-state index in [2.05, 4.69) is 0 Å². The molecule has 3 aromatic carbocycles. The summed E-state index contributed by atoms with van der Waals surface area (Å²) in [7, 11) is 0. The van der Waals surface area contributed by atoms with Crippen molar-refractivity contribution in [1.29, 1.82) is 0 Å². The normalized spacial score (nSPS) is 14.4. The third kappa shape index (κ3) is 4.29. The predicted molar refractivity (Wildman–Crippen MR) is 111 cm³/mol. The van der Waals surface area contributed by atoms with Crippen LogP contribution in [0.3, 0.4) is 0 Å². The lowest BCUT2D eigenvalue weighted by Gasteiger charge is -2.38. The van der Waals surface area contributed by atoms with Crippen LogP contribution in [0.4, 0.5) is 18.0 Å². The van der Waals surface area contributed by atoms with E-state index in [1.54, 1.807) is 4.90 Å². The number of piperidine rings is 1. The van der Waals surface area contributed by atoms with Crippen LogP contribution >= 0.6 is 0 Å². The zero-order chi connectivity index (χ0) is 21.8. The van der Waals surface area contributed by atoms with E-state index in [0.29, 0.717) is 29.8 Å². The van der Waals surface area contributed by atoms with Crippen molar-refractivity contribution in [2.24, 2.45) is 0 Å². The van der Waals surface area contributed by atoms with Gasteiger partial charge in [0.2, 0.25) is 0 Å². The molecule has 0 aromatic heterocycles. The van der Waals surface area contributed by atoms with Crippen molar-refractivity contribution in [3.05, 3.63) is 107 Å². The van der Waals surface area contributed by atoms with E-state index < -0.39 is 29.1 Å². The minimum Gasteiger partial charge on any atom is -0.428 e. The smallest absolute Gasteiger partial charge is 0.411 e. The molecule has 6 heteroatoms. The molecule has 0 aliphatic carbocycles. The second-order valence-electron chi connectivity index (χ2n) is 7.62. The van der Waals surface area contributed by atoms with Gasteiger partial charge in [-0.3, -0.25) is 0 Å². The van der Waals surface area contributed by atoms with Gasteiger partial charge in [-0.25, -0.2) is 18.0 Å². The predicted octanol–water partition coefficient (Wildman–Crippen LogP) is 6.02. The first-order valence-electron chi connectivity index (χ1n) is 10.2. The zero-order valence-corrected chi connectivity index (χ0v) is 16.9. The van der Waals surface area contributed by atoms with E-state index in [9.17, 15) is 18.0 Å². The first-order valence-corrected chi connectivity index (χ1v) is 10.2. The standard InChI is InChI=1S/C25H22F3NO2/c26-21-10-4-18(5-11-21)25(19-6-12-22(27)13-7-19,20-8-14-23(28)15-9-20)31-24(30)29-16-2-1-3-17-29/h4-15H,1-3,16-17H2. The van der Waals surface area contributed by atoms with Crippen LogP contribution in [0, 0.1) is 17.5 Å². The fourth-order valence-corrected chi connectivity index (χ4v) is 4.00. The Bertz CT molecular complexity index is 917. The van der Waals surface area contributed by atoms with Gasteiger partial charge in [-0.15, -0.1) is 0 Å². The molecule has 4 rings (SSSR count). The summed E-state index contributed by atoms with van der Waals surface area (Å²) in [6, 6.07) is 16.7. The van der Waals surface area contributed by atoms with E-state index >= 15 is 0 Å². The van der Waals surface area contributed by atoms with Crippen molar-refractivity contribution in [2.75, 3.05) is 13.1 Å². The number of hydrogen-bond acceptors (Lipinski definition) is 2. The molecule has 3 aromatic rings. The third-order valence-electron chi connectivity index (χ3n) is 5.61. The lowest BCUT2D eigenvalue weighted by atomic mass is 9.80. The number of hydrogen-bond donors (Lipinski definition) is 0. The summed E-state index contributed by atoms with van der Waals surface area (Å²) >= 11 is 0. The van der Waals surface area contributed by atoms with Crippen molar-refractivity contribution < 1.29 is 22.7 Å². The fourth-order valence-electron chi connectivity index (χ4n) is 4.00. The number of likely N-dealkylation sites (tertiary alicyclic amines) is 1. The van der Waals surface area contributed by atoms with Gasteiger partial charge in [0.25, 0.3) is 0 Å². The molecule has 0 atom stereocenters. The molecule has 160 valence electrons. The highest BCUT2D eigenvalue weighted by Gasteiger charge is 2.42. The summed E-state index contributed by atoms with van der Waals surface area (Å²) < 4.78 is 47.3. The average Bonchev–Trinajstić information content (AvgIpc) is 2.80. The maximum atomic E-state index is 13.7. The van der Waals surface area contributed by atoms with Gasteiger partial charge in [-0.1, -0.05) is 36.4 Å². The molecule has 1 aliphatic heterocycles. The van der Waals surface area contributed by atoms with Gasteiger partial charge in [-0.2, -0.15) is 0 Å². The van der Waals surface area contributed by atoms with E-state index in [4.69, 9.17) is 4.74 Å². The minimum absolute atomic E-state index is 0.446. The molecular formula is C25H22F3NO2. The van der Waals surface area contributed by atoms with Crippen LogP contribution < -0.4 is 0 Å². The largest absolute Gasteiger partial charge is 0.428 e. The molecular weight excluding hydrogens is 403 g/mol. The van der Waals surface area contributed by atoms with Crippen molar-refractivity contribution in [3.63, 3.8) is 0 Å². The summed E-state index contributed by atoms with van der Waals surface area (Å²) in [5.74, 6) is -1.34. The van der Waals surface area contributed by atoms with Crippen LogP contribution in [0.25, 0.3) is 0 Å². The molecule has 0 unspecified atom stereocenters. The lowest BCUT2D eigenvalue weighted by Crippen LogP contribution is -2.43. The highest BCUT2D eigenvalue weighted by Crippen LogP contribution is 2.41. The van der Waals surface area contributed by atoms with Gasteiger partial charge in [-0.05, 0) is 55.7 Å². The van der Waals surface area contributed by atoms with Crippen LogP contribution in [0.15, 0.2) is 72.8 Å². The zero-order valence-electron chi connectivity index (χ0n) is 16.9. The van der Waals surface area contributed by atoms with Gasteiger partial charge in [0, 0.05) is 29.8 Å². The summed E-state index contributed by atoms with van der Waals surface area (Å²) in [5.41, 5.74) is -0.101. The van der Waals surface area contributed by atoms with Crippen molar-refractivity contribution in [2.45, 2.75) is 24.9 Å². The molecule has 1 fully saturated rings. The summed E-state index contributed by atoms with van der Waals surface area (Å²) in [6.45, 7) is 1.15. The highest BCUT2D eigenvalue weighted by atomic mass is 19.1. The summed E-state index contributed by atoms with van der Waals surface area (Å²) in [5, 5.41) is 0. The van der Waals surface area contributed by atoms with Gasteiger partial charge < -0.3 is 9.64 Å². The Kier molecular flexibility index (Phi) is 5.98. The molecule has 0 saturated carbocycles. The molecule has 3 nitrogen and oxygen atoms in total. The summed E-state index contributed by atoms with van der Waals surface area (Å²) in [6.07, 6.45) is 2.28. The van der Waals surface area contributed by atoms with Crippen LogP contribution in [-0.2, 0) is 10.3 Å². The van der Waals surface area contributed by atoms with Crippen LogP contribution in [-0.4, -0.2) is 24.1 Å². The second-order valence-corrected chi connectivity index (χ2v) is 7.62. The molecule has 1 saturated heterocycles. The number of nitrogens with zero attached hydrogens (tertiary/aromatic N) is 1. The Labute approximate surface area is 179 Å². The molecule has 1 amide bonds. The van der Waals surface area contributed by atoms with Crippen LogP contribution in [0.2, 0.25) is 0 Å². The van der Waals surface area contributed by atoms with E-state index in [1.807, 2.05) is 0 Å². The van der Waals surface area contributed by atoms with Gasteiger partial charge in [0.15, 0.2) is 5.60 Å². The molecule has 0 N–H and O–H groups in total. The number of ether oxygens (including phenoxy) is 1. The fraction of sp³-hybridized carbons (Fsp3) is 0.240. The highest BCUT2D eigenvalue weighted by molar-refractivity contribution is 5.70. The Morgan fingerprint density at radius 2 is 1.00 bits per heavy atom. The first kappa shape index (κ1) is 21.0. The van der Waals surface area contributed by atoms with Crippen LogP contribution in [0.1, 0.15) is 36.0 Å². The number of benzene rings is 3. The Balaban J connectivity index is 1.90. The first-order chi connectivity index (χ1) is 15.0. The monoisotopic (exact) mass is 425 g/mol. The van der Waals surface area contributed by atoms with E-state index in [1.165, 1.54) is 72.8 Å². The van der Waals surface area contributed by atoms with Crippen molar-refractivity contribution >= 4 is 6.09 Å². The van der Waals surface area contributed by atoms with Crippen molar-refractivity contribution in [3.8, 4) is 0 Å². The van der Waals surface area contributed by atoms with E-state index in [0.717, 1.165) is 19.3 Å². The van der Waals surface area contributed by atoms with E-state index in [-0.39, 0.29) is 0 Å². The molecule has 0 radical (unpaired) electrons. The summed E-state index contributed by atoms with van der Waals surface area (Å²) in [4.78, 5) is 14.8. The number of amides is 1. The molecule has 0 bridgehead atoms. The third-order valence-corrected chi connectivity index (χ3v) is 5.61. The number of rotatable bonds is 4. The maximum absolute atomic E-state index is 13.7. The van der Waals surface area contributed by atoms with Crippen molar-refractivity contribution in [1.82, 2.24) is 4.90 Å². The Morgan fingerprint density at radius 3 is 1.35 bits per heavy atom.